The molecule has 0 saturated heterocycles. The Kier molecular flexibility index (Phi) is 16.3. The van der Waals surface area contributed by atoms with Gasteiger partial charge in [-0.3, -0.25) is 0 Å². The van der Waals surface area contributed by atoms with Crippen LogP contribution in [0.2, 0.25) is 0 Å². The molecule has 0 aliphatic rings. The van der Waals surface area contributed by atoms with E-state index < -0.39 is 48.0 Å². The third-order valence-corrected chi connectivity index (χ3v) is 8.42. The van der Waals surface area contributed by atoms with E-state index in [1.807, 2.05) is 13.8 Å². The predicted octanol–water partition coefficient (Wildman–Crippen LogP) is 5.07. The number of aryl methyl sites for hydroxylation is 2. The van der Waals surface area contributed by atoms with Gasteiger partial charge in [0.15, 0.2) is 0 Å². The van der Waals surface area contributed by atoms with Crippen LogP contribution in [0.25, 0.3) is 0 Å². The number of hydrogen-bond donors (Lipinski definition) is 10. The average molecular weight is 705 g/mol. The van der Waals surface area contributed by atoms with Crippen molar-refractivity contribution in [3.05, 3.63) is 68.8 Å². The van der Waals surface area contributed by atoms with Crippen LogP contribution in [0.4, 0.5) is 0 Å². The molecule has 0 amide bonds. The topological polar surface area (TPSA) is 202 Å². The number of rotatable bonds is 6. The summed E-state index contributed by atoms with van der Waals surface area (Å²) in [5, 5.41) is 46.1. The van der Waals surface area contributed by atoms with Crippen LogP contribution in [0.15, 0.2) is 24.3 Å². The van der Waals surface area contributed by atoms with Crippen molar-refractivity contribution in [1.82, 2.24) is 0 Å². The fourth-order valence-corrected chi connectivity index (χ4v) is 5.73. The van der Waals surface area contributed by atoms with Gasteiger partial charge in [0.1, 0.15) is 5.60 Å². The molecule has 0 aliphatic heterocycles. The summed E-state index contributed by atoms with van der Waals surface area (Å²) in [5.41, 5.74) is 2.69. The molecule has 0 bridgehead atoms. The standard InChI is InChI=1S/C35H56O4.2H3O3P/c1-22-15-24(30(3,4)5)17-26(32(9,10)11)28(22)35(39,34(19-36,20-37)21-38)29-23(2)16-25(31(6,7)8)18-27(29)33(12,13)14;2*1-4(2)3/h15-18,36-39H,19-21H2,1-14H3;2*1-3H. The molecule has 0 fully saturated rings. The van der Waals surface area contributed by atoms with Gasteiger partial charge in [0.2, 0.25) is 0 Å². The molecule has 0 heterocycles. The lowest BCUT2D eigenvalue weighted by atomic mass is 9.58. The summed E-state index contributed by atoms with van der Waals surface area (Å²) in [6.45, 7) is 28.0. The monoisotopic (exact) mass is 704 g/mol. The van der Waals surface area contributed by atoms with Gasteiger partial charge in [-0.1, -0.05) is 107 Å². The zero-order chi connectivity index (χ0) is 37.7. The van der Waals surface area contributed by atoms with E-state index in [2.05, 4.69) is 107 Å². The summed E-state index contributed by atoms with van der Waals surface area (Å²) in [7, 11) is -5.24. The summed E-state index contributed by atoms with van der Waals surface area (Å²) < 4.78 is 0. The second-order valence-electron chi connectivity index (χ2n) is 16.4. The third-order valence-electron chi connectivity index (χ3n) is 8.42. The van der Waals surface area contributed by atoms with Crippen LogP contribution in [-0.2, 0) is 27.3 Å². The Morgan fingerprint density at radius 1 is 0.468 bits per heavy atom. The first-order valence-corrected chi connectivity index (χ1v) is 17.9. The first kappa shape index (κ1) is 45.9. The zero-order valence-electron chi connectivity index (χ0n) is 30.8. The van der Waals surface area contributed by atoms with E-state index in [0.29, 0.717) is 11.1 Å². The van der Waals surface area contributed by atoms with Crippen molar-refractivity contribution in [2.24, 2.45) is 5.41 Å². The molecule has 0 unspecified atom stereocenters. The molecule has 47 heavy (non-hydrogen) atoms. The van der Waals surface area contributed by atoms with Crippen molar-refractivity contribution in [3.8, 4) is 0 Å². The van der Waals surface area contributed by atoms with Crippen molar-refractivity contribution in [1.29, 1.82) is 0 Å². The van der Waals surface area contributed by atoms with Gasteiger partial charge < -0.3 is 49.8 Å². The van der Waals surface area contributed by atoms with Gasteiger partial charge in [0.05, 0.1) is 25.2 Å². The molecule has 2 rings (SSSR count). The Morgan fingerprint density at radius 3 is 0.872 bits per heavy atom. The second kappa shape index (κ2) is 16.7. The Morgan fingerprint density at radius 2 is 0.702 bits per heavy atom. The maximum Gasteiger partial charge on any atom is 0.324 e. The van der Waals surface area contributed by atoms with Gasteiger partial charge in [-0.05, 0) is 80.0 Å². The molecular formula is C35H62O10P2. The van der Waals surface area contributed by atoms with E-state index in [9.17, 15) is 20.4 Å². The third kappa shape index (κ3) is 11.5. The highest BCUT2D eigenvalue weighted by atomic mass is 31.2. The van der Waals surface area contributed by atoms with E-state index in [0.717, 1.165) is 33.4 Å². The van der Waals surface area contributed by atoms with Gasteiger partial charge in [-0.15, -0.1) is 0 Å². The minimum Gasteiger partial charge on any atom is -0.395 e. The number of aliphatic hydroxyl groups excluding tert-OH is 3. The molecule has 2 aromatic carbocycles. The van der Waals surface area contributed by atoms with Gasteiger partial charge in [0, 0.05) is 0 Å². The maximum absolute atomic E-state index is 13.4. The summed E-state index contributed by atoms with van der Waals surface area (Å²) in [6, 6.07) is 8.56. The fourth-order valence-electron chi connectivity index (χ4n) is 5.73. The summed E-state index contributed by atoms with van der Waals surface area (Å²) >= 11 is 0. The van der Waals surface area contributed by atoms with Crippen molar-refractivity contribution in [2.45, 2.75) is 124 Å². The normalized spacial score (nSPS) is 13.3. The molecule has 12 heteroatoms. The molecule has 0 radical (unpaired) electrons. The van der Waals surface area contributed by atoms with Crippen LogP contribution in [0.1, 0.15) is 128 Å². The zero-order valence-corrected chi connectivity index (χ0v) is 32.6. The first-order valence-electron chi connectivity index (χ1n) is 15.5. The quantitative estimate of drug-likeness (QED) is 0.181. The molecule has 0 aromatic heterocycles. The molecular weight excluding hydrogens is 642 g/mol. The van der Waals surface area contributed by atoms with E-state index >= 15 is 0 Å². The predicted molar refractivity (Wildman–Crippen MR) is 191 cm³/mol. The molecule has 10 nitrogen and oxygen atoms in total. The van der Waals surface area contributed by atoms with Crippen LogP contribution in [0.3, 0.4) is 0 Å². The first-order chi connectivity index (χ1) is 20.9. The second-order valence-corrected chi connectivity index (χ2v) is 17.5. The average Bonchev–Trinajstić information content (AvgIpc) is 2.86. The van der Waals surface area contributed by atoms with Crippen molar-refractivity contribution in [2.75, 3.05) is 19.8 Å². The Labute approximate surface area is 284 Å². The highest BCUT2D eigenvalue weighted by molar-refractivity contribution is 7.38. The molecule has 0 aliphatic carbocycles. The Bertz CT molecular complexity index is 1190. The lowest BCUT2D eigenvalue weighted by Crippen LogP contribution is -2.56. The number of aliphatic hydroxyl groups is 4. The largest absolute Gasteiger partial charge is 0.395 e. The number of hydrogen-bond acceptors (Lipinski definition) is 10. The van der Waals surface area contributed by atoms with E-state index in [1.54, 1.807) is 0 Å². The smallest absolute Gasteiger partial charge is 0.324 e. The van der Waals surface area contributed by atoms with Crippen molar-refractivity contribution >= 4 is 17.2 Å². The molecule has 2 aromatic rings. The lowest BCUT2D eigenvalue weighted by Gasteiger charge is -2.50. The minimum absolute atomic E-state index is 0.121. The van der Waals surface area contributed by atoms with Crippen LogP contribution < -0.4 is 0 Å². The van der Waals surface area contributed by atoms with E-state index in [1.165, 1.54) is 0 Å². The highest BCUT2D eigenvalue weighted by Gasteiger charge is 2.56. The number of benzene rings is 2. The maximum atomic E-state index is 13.4. The van der Waals surface area contributed by atoms with Crippen LogP contribution in [0.5, 0.6) is 0 Å². The van der Waals surface area contributed by atoms with Gasteiger partial charge in [0.25, 0.3) is 0 Å². The Balaban J connectivity index is 0.00000236. The van der Waals surface area contributed by atoms with Crippen molar-refractivity contribution in [3.63, 3.8) is 0 Å². The molecule has 0 spiro atoms. The molecule has 10 N–H and O–H groups in total. The van der Waals surface area contributed by atoms with E-state index in [-0.39, 0.29) is 21.7 Å². The van der Waals surface area contributed by atoms with Gasteiger partial charge >= 0.3 is 17.2 Å². The highest BCUT2D eigenvalue weighted by Crippen LogP contribution is 2.53. The van der Waals surface area contributed by atoms with Crippen molar-refractivity contribution < 1.29 is 49.8 Å². The van der Waals surface area contributed by atoms with Crippen LogP contribution >= 0.6 is 17.2 Å². The Hall–Kier alpha value is -1.10. The lowest BCUT2D eigenvalue weighted by molar-refractivity contribution is -0.137. The van der Waals surface area contributed by atoms with Gasteiger partial charge in [-0.2, -0.15) is 0 Å². The van der Waals surface area contributed by atoms with Crippen LogP contribution in [0, 0.1) is 19.3 Å². The molecule has 272 valence electrons. The van der Waals surface area contributed by atoms with Crippen LogP contribution in [-0.4, -0.2) is 69.6 Å². The molecule has 0 saturated carbocycles. The molecule has 0 atom stereocenters. The summed E-state index contributed by atoms with van der Waals surface area (Å²) in [4.78, 5) is 43.4. The van der Waals surface area contributed by atoms with Gasteiger partial charge in [-0.25, -0.2) is 0 Å². The SMILES string of the molecule is Cc1cc(C(C)(C)C)cc(C(C)(C)C)c1C(O)(c1c(C)cc(C(C)(C)C)cc1C(C)(C)C)C(CO)(CO)CO.OP(O)O.OP(O)O. The summed E-state index contributed by atoms with van der Waals surface area (Å²) in [5.74, 6) is 0. The van der Waals surface area contributed by atoms with E-state index in [4.69, 9.17) is 29.4 Å². The minimum atomic E-state index is -2.62. The summed E-state index contributed by atoms with van der Waals surface area (Å²) in [6.07, 6.45) is 0. The fraction of sp³-hybridized carbons (Fsp3) is 0.657.